The van der Waals surface area contributed by atoms with Gasteiger partial charge in [0.1, 0.15) is 17.9 Å². The van der Waals surface area contributed by atoms with E-state index in [4.69, 9.17) is 4.42 Å². The number of nitrogens with zero attached hydrogens (tertiary/aromatic N) is 2. The summed E-state index contributed by atoms with van der Waals surface area (Å²) < 4.78 is 7.03. The van der Waals surface area contributed by atoms with Crippen LogP contribution in [0.4, 0.5) is 0 Å². The van der Waals surface area contributed by atoms with Gasteiger partial charge in [0.2, 0.25) is 5.91 Å². The van der Waals surface area contributed by atoms with Gasteiger partial charge >= 0.3 is 0 Å². The number of nitrogens with one attached hydrogen (secondary N) is 1. The highest BCUT2D eigenvalue weighted by molar-refractivity contribution is 5.83. The van der Waals surface area contributed by atoms with Gasteiger partial charge in [-0.25, -0.2) is 4.98 Å². The van der Waals surface area contributed by atoms with E-state index in [1.165, 1.54) is 6.26 Å². The molecule has 1 amide bonds. The van der Waals surface area contributed by atoms with Crippen molar-refractivity contribution in [1.29, 1.82) is 0 Å². The van der Waals surface area contributed by atoms with E-state index < -0.39 is 6.10 Å². The van der Waals surface area contributed by atoms with Crippen LogP contribution in [-0.4, -0.2) is 26.6 Å². The Labute approximate surface area is 140 Å². The smallest absolute Gasteiger partial charge is 0.243 e. The Balaban J connectivity index is 1.63. The monoisotopic (exact) mass is 327 g/mol. The number of hydrogen-bond acceptors (Lipinski definition) is 4. The van der Waals surface area contributed by atoms with Gasteiger partial charge in [-0.15, -0.1) is 0 Å². The Bertz CT molecular complexity index is 810. The van der Waals surface area contributed by atoms with E-state index in [0.717, 1.165) is 11.0 Å². The Morgan fingerprint density at radius 2 is 2.08 bits per heavy atom. The average Bonchev–Trinajstić information content (AvgIpc) is 3.23. The van der Waals surface area contributed by atoms with Crippen molar-refractivity contribution >= 4 is 16.9 Å². The summed E-state index contributed by atoms with van der Waals surface area (Å²) in [5.74, 6) is 0.391. The van der Waals surface area contributed by atoms with Gasteiger partial charge in [0.25, 0.3) is 0 Å². The Kier molecular flexibility index (Phi) is 4.66. The maximum absolute atomic E-state index is 12.5. The number of carbonyl (C=O) groups is 1. The van der Waals surface area contributed by atoms with Crippen LogP contribution in [-0.2, 0) is 4.79 Å². The van der Waals surface area contributed by atoms with Gasteiger partial charge in [-0.3, -0.25) is 4.79 Å². The van der Waals surface area contributed by atoms with Crippen molar-refractivity contribution in [2.75, 3.05) is 0 Å². The molecule has 6 nitrogen and oxygen atoms in total. The molecule has 1 aromatic carbocycles. The van der Waals surface area contributed by atoms with Crippen LogP contribution in [0.15, 0.2) is 53.4 Å². The lowest BCUT2D eigenvalue weighted by molar-refractivity contribution is -0.124. The number of benzene rings is 1. The number of aliphatic hydroxyl groups excluding tert-OH is 1. The van der Waals surface area contributed by atoms with Crippen LogP contribution in [0.3, 0.4) is 0 Å². The van der Waals surface area contributed by atoms with Gasteiger partial charge in [0, 0.05) is 12.5 Å². The van der Waals surface area contributed by atoms with Crippen molar-refractivity contribution in [1.82, 2.24) is 14.9 Å². The second-order valence-electron chi connectivity index (χ2n) is 5.99. The van der Waals surface area contributed by atoms with E-state index in [-0.39, 0.29) is 18.0 Å². The zero-order valence-corrected chi connectivity index (χ0v) is 13.7. The summed E-state index contributed by atoms with van der Waals surface area (Å²) >= 11 is 0. The first-order chi connectivity index (χ1) is 11.6. The molecule has 0 unspecified atom stereocenters. The van der Waals surface area contributed by atoms with E-state index in [1.54, 1.807) is 18.5 Å². The molecule has 2 aromatic heterocycles. The van der Waals surface area contributed by atoms with E-state index in [1.807, 2.05) is 42.7 Å². The average molecular weight is 327 g/mol. The van der Waals surface area contributed by atoms with Crippen molar-refractivity contribution in [2.45, 2.75) is 38.5 Å². The summed E-state index contributed by atoms with van der Waals surface area (Å²) in [6.07, 6.45) is 2.85. The van der Waals surface area contributed by atoms with Crippen LogP contribution in [0.25, 0.3) is 11.0 Å². The molecule has 0 saturated heterocycles. The molecule has 2 N–H and O–H groups in total. The first-order valence-corrected chi connectivity index (χ1v) is 7.99. The molecule has 6 heteroatoms. The van der Waals surface area contributed by atoms with Gasteiger partial charge in [0.05, 0.1) is 23.6 Å². The maximum Gasteiger partial charge on any atom is 0.243 e. The fourth-order valence-electron chi connectivity index (χ4n) is 2.77. The predicted octanol–water partition coefficient (Wildman–Crippen LogP) is 2.82. The van der Waals surface area contributed by atoms with Crippen LogP contribution < -0.4 is 5.32 Å². The van der Waals surface area contributed by atoms with Crippen LogP contribution in [0.5, 0.6) is 0 Å². The largest absolute Gasteiger partial charge is 0.467 e. The normalized spacial score (nSPS) is 15.1. The molecule has 24 heavy (non-hydrogen) atoms. The zero-order valence-electron chi connectivity index (χ0n) is 13.7. The third-order valence-corrected chi connectivity index (χ3v) is 4.11. The van der Waals surface area contributed by atoms with Crippen LogP contribution in [0, 0.1) is 0 Å². The summed E-state index contributed by atoms with van der Waals surface area (Å²) in [6.45, 7) is 3.70. The number of furan rings is 1. The standard InChI is InChI=1S/C18H21N3O3/c1-12(10-16(22)17-8-5-9-24-17)20-18(23)13(2)21-11-19-14-6-3-4-7-15(14)21/h3-9,11-13,16,22H,10H2,1-2H3,(H,20,23)/t12-,13-,16-/m1/s1. The number of carbonyl (C=O) groups excluding carboxylic acids is 1. The molecule has 3 atom stereocenters. The number of rotatable bonds is 6. The van der Waals surface area contributed by atoms with Crippen LogP contribution in [0.1, 0.15) is 38.2 Å². The molecule has 0 radical (unpaired) electrons. The fraction of sp³-hybridized carbons (Fsp3) is 0.333. The molecule has 126 valence electrons. The van der Waals surface area contributed by atoms with E-state index >= 15 is 0 Å². The number of fused-ring (bicyclic) bond motifs is 1. The number of para-hydroxylation sites is 2. The minimum atomic E-state index is -0.736. The zero-order chi connectivity index (χ0) is 17.1. The number of amides is 1. The van der Waals surface area contributed by atoms with Crippen molar-refractivity contribution in [3.63, 3.8) is 0 Å². The van der Waals surface area contributed by atoms with Gasteiger partial charge in [0.15, 0.2) is 0 Å². The van der Waals surface area contributed by atoms with Gasteiger partial charge in [-0.1, -0.05) is 12.1 Å². The van der Waals surface area contributed by atoms with Gasteiger partial charge in [-0.05, 0) is 38.1 Å². The SMILES string of the molecule is C[C@H](C[C@@H](O)c1ccco1)NC(=O)[C@@H](C)n1cnc2ccccc21. The summed E-state index contributed by atoms with van der Waals surface area (Å²) in [5.41, 5.74) is 1.78. The van der Waals surface area contributed by atoms with Crippen molar-refractivity contribution < 1.29 is 14.3 Å². The second-order valence-corrected chi connectivity index (χ2v) is 5.99. The van der Waals surface area contributed by atoms with E-state index in [0.29, 0.717) is 12.2 Å². The summed E-state index contributed by atoms with van der Waals surface area (Å²) in [7, 11) is 0. The van der Waals surface area contributed by atoms with Crippen LogP contribution >= 0.6 is 0 Å². The summed E-state index contributed by atoms with van der Waals surface area (Å²) in [6, 6.07) is 10.6. The minimum Gasteiger partial charge on any atom is -0.467 e. The summed E-state index contributed by atoms with van der Waals surface area (Å²) in [5, 5.41) is 13.0. The molecule has 0 aliphatic carbocycles. The first-order valence-electron chi connectivity index (χ1n) is 7.99. The molecular formula is C18H21N3O3. The Morgan fingerprint density at radius 3 is 2.83 bits per heavy atom. The lowest BCUT2D eigenvalue weighted by Crippen LogP contribution is -2.38. The Morgan fingerprint density at radius 1 is 1.29 bits per heavy atom. The van der Waals surface area contributed by atoms with E-state index in [2.05, 4.69) is 10.3 Å². The molecule has 0 saturated carbocycles. The lowest BCUT2D eigenvalue weighted by Gasteiger charge is -2.20. The highest BCUT2D eigenvalue weighted by Crippen LogP contribution is 2.20. The molecule has 0 aliphatic heterocycles. The van der Waals surface area contributed by atoms with Crippen molar-refractivity contribution in [2.24, 2.45) is 0 Å². The summed E-state index contributed by atoms with van der Waals surface area (Å²) in [4.78, 5) is 16.8. The lowest BCUT2D eigenvalue weighted by atomic mass is 10.1. The fourth-order valence-corrected chi connectivity index (χ4v) is 2.77. The number of imidazole rings is 1. The maximum atomic E-state index is 12.5. The topological polar surface area (TPSA) is 80.3 Å². The Hall–Kier alpha value is -2.60. The quantitative estimate of drug-likeness (QED) is 0.729. The highest BCUT2D eigenvalue weighted by Gasteiger charge is 2.21. The van der Waals surface area contributed by atoms with E-state index in [9.17, 15) is 9.90 Å². The van der Waals surface area contributed by atoms with Gasteiger partial charge < -0.3 is 19.4 Å². The van der Waals surface area contributed by atoms with Gasteiger partial charge in [-0.2, -0.15) is 0 Å². The number of aliphatic hydroxyl groups is 1. The predicted molar refractivity (Wildman–Crippen MR) is 90.3 cm³/mol. The third kappa shape index (κ3) is 3.33. The molecule has 2 heterocycles. The van der Waals surface area contributed by atoms with Crippen molar-refractivity contribution in [3.8, 4) is 0 Å². The number of aromatic nitrogens is 2. The second kappa shape index (κ2) is 6.88. The molecular weight excluding hydrogens is 306 g/mol. The van der Waals surface area contributed by atoms with Crippen LogP contribution in [0.2, 0.25) is 0 Å². The number of hydrogen-bond donors (Lipinski definition) is 2. The molecule has 0 spiro atoms. The highest BCUT2D eigenvalue weighted by atomic mass is 16.4. The first kappa shape index (κ1) is 16.3. The third-order valence-electron chi connectivity index (χ3n) is 4.11. The molecule has 0 bridgehead atoms. The minimum absolute atomic E-state index is 0.114. The molecule has 3 rings (SSSR count). The van der Waals surface area contributed by atoms with Crippen molar-refractivity contribution in [3.05, 3.63) is 54.7 Å². The molecule has 3 aromatic rings. The molecule has 0 aliphatic rings. The molecule has 0 fully saturated rings.